The molecule has 2 heterocycles. The Morgan fingerprint density at radius 2 is 1.95 bits per heavy atom. The summed E-state index contributed by atoms with van der Waals surface area (Å²) in [5.41, 5.74) is 0.491. The Labute approximate surface area is 115 Å². The normalized spacial score (nSPS) is 34.4. The van der Waals surface area contributed by atoms with Gasteiger partial charge in [0.05, 0.1) is 25.0 Å². The predicted octanol–water partition coefficient (Wildman–Crippen LogP) is -2.08. The van der Waals surface area contributed by atoms with Crippen molar-refractivity contribution in [3.05, 3.63) is 11.4 Å². The van der Waals surface area contributed by atoms with Gasteiger partial charge < -0.3 is 29.9 Å². The summed E-state index contributed by atoms with van der Waals surface area (Å²) in [5.74, 6) is 0. The summed E-state index contributed by atoms with van der Waals surface area (Å²) in [6.07, 6.45) is -3.93. The highest BCUT2D eigenvalue weighted by Crippen LogP contribution is 2.31. The Bertz CT molecular complexity index is 453. The Morgan fingerprint density at radius 3 is 2.50 bits per heavy atom. The third-order valence-corrected chi connectivity index (χ3v) is 3.49. The van der Waals surface area contributed by atoms with Gasteiger partial charge in [0.2, 0.25) is 0 Å². The fourth-order valence-electron chi connectivity index (χ4n) is 2.42. The van der Waals surface area contributed by atoms with E-state index in [-0.39, 0.29) is 18.0 Å². The van der Waals surface area contributed by atoms with Crippen LogP contribution in [0.15, 0.2) is 0 Å². The fraction of sp³-hybridized carbons (Fsp3) is 0.818. The third kappa shape index (κ3) is 2.43. The molecule has 0 saturated carbocycles. The lowest BCUT2D eigenvalue weighted by molar-refractivity contribution is -0.271. The molecule has 1 fully saturated rings. The molecule has 0 unspecified atom stereocenters. The summed E-state index contributed by atoms with van der Waals surface area (Å²) < 4.78 is 11.7. The summed E-state index contributed by atoms with van der Waals surface area (Å²) in [7, 11) is 1.37. The number of aromatic nitrogens is 3. The molecule has 9 heteroatoms. The molecule has 0 spiro atoms. The Hall–Kier alpha value is -1.10. The van der Waals surface area contributed by atoms with Gasteiger partial charge in [0.1, 0.15) is 23.9 Å². The van der Waals surface area contributed by atoms with Crippen LogP contribution in [-0.2, 0) is 22.7 Å². The summed E-state index contributed by atoms with van der Waals surface area (Å²) in [6.45, 7) is 0.910. The molecule has 20 heavy (non-hydrogen) atoms. The zero-order chi connectivity index (χ0) is 14.9. The second-order valence-corrected chi connectivity index (χ2v) is 4.66. The highest BCUT2D eigenvalue weighted by atomic mass is 16.7. The number of nitrogens with zero attached hydrogens (tertiary/aromatic N) is 3. The molecule has 0 aromatic carbocycles. The van der Waals surface area contributed by atoms with E-state index in [1.165, 1.54) is 11.8 Å². The summed E-state index contributed by atoms with van der Waals surface area (Å²) >= 11 is 0. The van der Waals surface area contributed by atoms with E-state index in [9.17, 15) is 15.3 Å². The molecule has 0 radical (unpaired) electrons. The molecule has 0 amide bonds. The molecule has 1 aromatic heterocycles. The maximum atomic E-state index is 10.2. The van der Waals surface area contributed by atoms with Gasteiger partial charge in [-0.3, -0.25) is 0 Å². The largest absolute Gasteiger partial charge is 0.390 e. The number of hydrogen-bond donors (Lipinski definition) is 4. The molecule has 2 rings (SSSR count). The lowest BCUT2D eigenvalue weighted by atomic mass is 9.97. The van der Waals surface area contributed by atoms with E-state index in [1.54, 1.807) is 6.92 Å². The van der Waals surface area contributed by atoms with Gasteiger partial charge >= 0.3 is 0 Å². The molecule has 114 valence electrons. The van der Waals surface area contributed by atoms with Gasteiger partial charge in [-0.15, -0.1) is 5.10 Å². The van der Waals surface area contributed by atoms with Crippen LogP contribution >= 0.6 is 0 Å². The smallest absolute Gasteiger partial charge is 0.186 e. The molecule has 0 aliphatic carbocycles. The molecule has 1 aliphatic rings. The summed E-state index contributed by atoms with van der Waals surface area (Å²) in [5, 5.41) is 46.2. The standard InChI is InChI=1S/C11H19N3O6/c1-5-8(9(17)10(18)11(19-2)20-5)14-7(4-16)6(3-15)12-13-14/h5,8-11,15-18H,3-4H2,1-2H3/t5-,8-,9+,10-,11-/m1/s1. The van der Waals surface area contributed by atoms with Crippen molar-refractivity contribution in [3.8, 4) is 0 Å². The second kappa shape index (κ2) is 6.12. The van der Waals surface area contributed by atoms with Crippen LogP contribution in [0.2, 0.25) is 0 Å². The van der Waals surface area contributed by atoms with E-state index >= 15 is 0 Å². The third-order valence-electron chi connectivity index (χ3n) is 3.49. The first-order chi connectivity index (χ1) is 9.54. The fourth-order valence-corrected chi connectivity index (χ4v) is 2.42. The predicted molar refractivity (Wildman–Crippen MR) is 64.3 cm³/mol. The van der Waals surface area contributed by atoms with Crippen molar-refractivity contribution in [2.45, 2.75) is 50.8 Å². The maximum absolute atomic E-state index is 10.2. The minimum atomic E-state index is -1.26. The number of aliphatic hydroxyl groups is 4. The average molecular weight is 289 g/mol. The van der Waals surface area contributed by atoms with E-state index < -0.39 is 37.3 Å². The van der Waals surface area contributed by atoms with E-state index in [0.717, 1.165) is 0 Å². The Morgan fingerprint density at radius 1 is 1.25 bits per heavy atom. The van der Waals surface area contributed by atoms with Crippen LogP contribution in [0.5, 0.6) is 0 Å². The SMILES string of the molecule is CO[C@@H]1O[C@H](C)[C@@H](n2nnc(CO)c2CO)[C@H](O)[C@H]1O. The van der Waals surface area contributed by atoms with Crippen LogP contribution in [0, 0.1) is 0 Å². The van der Waals surface area contributed by atoms with E-state index in [2.05, 4.69) is 10.3 Å². The first-order valence-corrected chi connectivity index (χ1v) is 6.24. The number of ether oxygens (including phenoxy) is 2. The summed E-state index contributed by atoms with van der Waals surface area (Å²) in [4.78, 5) is 0. The van der Waals surface area contributed by atoms with Gasteiger partial charge in [0, 0.05) is 7.11 Å². The topological polar surface area (TPSA) is 130 Å². The molecule has 1 saturated heterocycles. The van der Waals surface area contributed by atoms with Crippen LogP contribution in [-0.4, -0.2) is 67.1 Å². The van der Waals surface area contributed by atoms with Crippen molar-refractivity contribution < 1.29 is 29.9 Å². The van der Waals surface area contributed by atoms with Gasteiger partial charge in [-0.2, -0.15) is 0 Å². The van der Waals surface area contributed by atoms with Crippen LogP contribution in [0.25, 0.3) is 0 Å². The lowest BCUT2D eigenvalue weighted by Crippen LogP contribution is -2.55. The number of methoxy groups -OCH3 is 1. The highest BCUT2D eigenvalue weighted by molar-refractivity contribution is 5.10. The lowest BCUT2D eigenvalue weighted by Gasteiger charge is -2.41. The quantitative estimate of drug-likeness (QED) is 0.497. The van der Waals surface area contributed by atoms with Crippen LogP contribution in [0.3, 0.4) is 0 Å². The number of aliphatic hydroxyl groups excluding tert-OH is 4. The van der Waals surface area contributed by atoms with Crippen molar-refractivity contribution in [2.75, 3.05) is 7.11 Å². The number of rotatable bonds is 4. The minimum Gasteiger partial charge on any atom is -0.390 e. The molecule has 0 bridgehead atoms. The maximum Gasteiger partial charge on any atom is 0.186 e. The van der Waals surface area contributed by atoms with E-state index in [0.29, 0.717) is 0 Å². The van der Waals surface area contributed by atoms with Crippen molar-refractivity contribution in [1.29, 1.82) is 0 Å². The van der Waals surface area contributed by atoms with E-state index in [1.807, 2.05) is 0 Å². The van der Waals surface area contributed by atoms with Gasteiger partial charge in [-0.25, -0.2) is 4.68 Å². The van der Waals surface area contributed by atoms with Gasteiger partial charge in [-0.1, -0.05) is 5.21 Å². The molecular formula is C11H19N3O6. The average Bonchev–Trinajstić information content (AvgIpc) is 2.85. The zero-order valence-electron chi connectivity index (χ0n) is 11.2. The summed E-state index contributed by atoms with van der Waals surface area (Å²) in [6, 6.07) is -0.744. The molecule has 9 nitrogen and oxygen atoms in total. The van der Waals surface area contributed by atoms with Gasteiger partial charge in [0.25, 0.3) is 0 Å². The van der Waals surface area contributed by atoms with Crippen LogP contribution in [0.4, 0.5) is 0 Å². The molecular weight excluding hydrogens is 270 g/mol. The molecule has 1 aliphatic heterocycles. The molecule has 1 aromatic rings. The van der Waals surface area contributed by atoms with Crippen molar-refractivity contribution in [2.24, 2.45) is 0 Å². The van der Waals surface area contributed by atoms with Crippen molar-refractivity contribution in [3.63, 3.8) is 0 Å². The van der Waals surface area contributed by atoms with Gasteiger partial charge in [-0.05, 0) is 6.92 Å². The first kappa shape index (κ1) is 15.3. The van der Waals surface area contributed by atoms with Gasteiger partial charge in [0.15, 0.2) is 6.29 Å². The van der Waals surface area contributed by atoms with Crippen molar-refractivity contribution in [1.82, 2.24) is 15.0 Å². The monoisotopic (exact) mass is 289 g/mol. The minimum absolute atomic E-state index is 0.218. The van der Waals surface area contributed by atoms with Crippen molar-refractivity contribution >= 4 is 0 Å². The second-order valence-electron chi connectivity index (χ2n) is 4.66. The first-order valence-electron chi connectivity index (χ1n) is 6.24. The molecule has 5 atom stereocenters. The Balaban J connectivity index is 2.34. The van der Waals surface area contributed by atoms with E-state index in [4.69, 9.17) is 14.6 Å². The number of hydrogen-bond acceptors (Lipinski definition) is 8. The molecule has 4 N–H and O–H groups in total. The van der Waals surface area contributed by atoms with Crippen LogP contribution < -0.4 is 0 Å². The highest BCUT2D eigenvalue weighted by Gasteiger charge is 2.45. The zero-order valence-corrected chi connectivity index (χ0v) is 11.2. The van der Waals surface area contributed by atoms with Crippen LogP contribution in [0.1, 0.15) is 24.4 Å². The Kier molecular flexibility index (Phi) is 4.68.